The Kier molecular flexibility index (Phi) is 1.96. The second-order valence-electron chi connectivity index (χ2n) is 2.94. The second-order valence-corrected chi connectivity index (χ2v) is 5.40. The van der Waals surface area contributed by atoms with E-state index in [0.717, 1.165) is 15.9 Å². The molecule has 0 radical (unpaired) electrons. The number of halogens is 1. The highest BCUT2D eigenvalue weighted by Gasteiger charge is 2.24. The van der Waals surface area contributed by atoms with Crippen molar-refractivity contribution >= 4 is 33.2 Å². The van der Waals surface area contributed by atoms with Crippen molar-refractivity contribution in [3.05, 3.63) is 20.3 Å². The lowest BCUT2D eigenvalue weighted by molar-refractivity contribution is 0.0942. The Bertz CT molecular complexity index is 334. The van der Waals surface area contributed by atoms with Crippen LogP contribution in [-0.2, 0) is 0 Å². The molecule has 64 valence electrons. The quantitative estimate of drug-likeness (QED) is 0.748. The van der Waals surface area contributed by atoms with Crippen molar-refractivity contribution in [1.29, 1.82) is 0 Å². The summed E-state index contributed by atoms with van der Waals surface area (Å²) < 4.78 is 1.04. The van der Waals surface area contributed by atoms with Gasteiger partial charge in [-0.15, -0.1) is 11.3 Å². The van der Waals surface area contributed by atoms with E-state index in [2.05, 4.69) is 28.2 Å². The number of amides is 1. The Hall–Kier alpha value is -0.350. The first-order valence-electron chi connectivity index (χ1n) is 3.76. The molecule has 0 spiro atoms. The first kappa shape index (κ1) is 8.26. The third kappa shape index (κ3) is 1.19. The van der Waals surface area contributed by atoms with Gasteiger partial charge in [-0.1, -0.05) is 6.92 Å². The minimum atomic E-state index is 0.0602. The van der Waals surface area contributed by atoms with Crippen LogP contribution in [0.3, 0.4) is 0 Å². The zero-order valence-corrected chi connectivity index (χ0v) is 8.96. The summed E-state index contributed by atoms with van der Waals surface area (Å²) >= 11 is 5.04. The van der Waals surface area contributed by atoms with Gasteiger partial charge in [-0.25, -0.2) is 0 Å². The Labute approximate surface area is 83.1 Å². The van der Waals surface area contributed by atoms with Crippen LogP contribution in [0.5, 0.6) is 0 Å². The lowest BCUT2D eigenvalue weighted by Gasteiger charge is -2.18. The van der Waals surface area contributed by atoms with Gasteiger partial charge in [0.1, 0.15) is 0 Å². The molecule has 1 amide bonds. The Morgan fingerprint density at radius 2 is 2.50 bits per heavy atom. The van der Waals surface area contributed by atoms with E-state index < -0.39 is 0 Å². The first-order valence-corrected chi connectivity index (χ1v) is 5.37. The van der Waals surface area contributed by atoms with E-state index in [1.165, 1.54) is 4.88 Å². The molecule has 2 rings (SSSR count). The number of thiophene rings is 1. The molecule has 0 bridgehead atoms. The van der Waals surface area contributed by atoms with Gasteiger partial charge in [0.2, 0.25) is 0 Å². The highest BCUT2D eigenvalue weighted by molar-refractivity contribution is 9.11. The summed E-state index contributed by atoms with van der Waals surface area (Å²) in [6, 6.07) is 1.89. The summed E-state index contributed by atoms with van der Waals surface area (Å²) in [5, 5.41) is 2.85. The van der Waals surface area contributed by atoms with Crippen molar-refractivity contribution in [2.75, 3.05) is 6.54 Å². The number of rotatable bonds is 0. The van der Waals surface area contributed by atoms with Crippen LogP contribution in [0.15, 0.2) is 9.85 Å². The fraction of sp³-hybridized carbons (Fsp3) is 0.375. The number of hydrogen-bond donors (Lipinski definition) is 1. The van der Waals surface area contributed by atoms with Crippen LogP contribution >= 0.6 is 27.3 Å². The number of fused-ring (bicyclic) bond motifs is 1. The van der Waals surface area contributed by atoms with E-state index in [9.17, 15) is 4.79 Å². The van der Waals surface area contributed by atoms with Gasteiger partial charge < -0.3 is 5.32 Å². The molecular weight excluding hydrogens is 238 g/mol. The van der Waals surface area contributed by atoms with Crippen molar-refractivity contribution in [1.82, 2.24) is 5.32 Å². The Morgan fingerprint density at radius 3 is 3.17 bits per heavy atom. The molecule has 1 N–H and O–H groups in total. The molecule has 0 fully saturated rings. The summed E-state index contributed by atoms with van der Waals surface area (Å²) in [4.78, 5) is 12.5. The lowest BCUT2D eigenvalue weighted by atomic mass is 10.0. The molecule has 1 atom stereocenters. The van der Waals surface area contributed by atoms with Gasteiger partial charge in [0.15, 0.2) is 0 Å². The predicted molar refractivity (Wildman–Crippen MR) is 52.8 cm³/mol. The standard InChI is InChI=1S/C8H8BrNOS/c1-4-3-10-8(11)5-2-6(9)12-7(4)5/h2,4H,3H2,1H3,(H,10,11). The van der Waals surface area contributed by atoms with Crippen LogP contribution < -0.4 is 5.32 Å². The van der Waals surface area contributed by atoms with Crippen LogP contribution in [-0.4, -0.2) is 12.5 Å². The molecule has 1 unspecified atom stereocenters. The number of carbonyl (C=O) groups is 1. The average molecular weight is 246 g/mol. The lowest BCUT2D eigenvalue weighted by Crippen LogP contribution is -2.32. The van der Waals surface area contributed by atoms with Crippen molar-refractivity contribution < 1.29 is 4.79 Å². The van der Waals surface area contributed by atoms with Crippen LogP contribution in [0.25, 0.3) is 0 Å². The van der Waals surface area contributed by atoms with Gasteiger partial charge in [-0.3, -0.25) is 4.79 Å². The van der Waals surface area contributed by atoms with Crippen LogP contribution in [0.1, 0.15) is 28.1 Å². The van der Waals surface area contributed by atoms with Gasteiger partial charge in [0.05, 0.1) is 9.35 Å². The zero-order valence-electron chi connectivity index (χ0n) is 6.56. The third-order valence-electron chi connectivity index (χ3n) is 1.99. The fourth-order valence-electron chi connectivity index (χ4n) is 1.35. The topological polar surface area (TPSA) is 29.1 Å². The van der Waals surface area contributed by atoms with Crippen LogP contribution in [0.4, 0.5) is 0 Å². The maximum absolute atomic E-state index is 11.3. The molecule has 4 heteroatoms. The van der Waals surface area contributed by atoms with E-state index >= 15 is 0 Å². The normalized spacial score (nSPS) is 21.8. The largest absolute Gasteiger partial charge is 0.351 e. The van der Waals surface area contributed by atoms with Crippen molar-refractivity contribution in [2.45, 2.75) is 12.8 Å². The van der Waals surface area contributed by atoms with Gasteiger partial charge in [-0.2, -0.15) is 0 Å². The van der Waals surface area contributed by atoms with Crippen molar-refractivity contribution in [3.8, 4) is 0 Å². The Balaban J connectivity index is 2.54. The molecule has 1 aliphatic heterocycles. The highest BCUT2D eigenvalue weighted by Crippen LogP contribution is 2.34. The van der Waals surface area contributed by atoms with Crippen LogP contribution in [0, 0.1) is 0 Å². The molecule has 1 aliphatic rings. The average Bonchev–Trinajstić information content (AvgIpc) is 2.41. The molecule has 0 saturated heterocycles. The smallest absolute Gasteiger partial charge is 0.252 e. The number of carbonyl (C=O) groups excluding carboxylic acids is 1. The monoisotopic (exact) mass is 245 g/mol. The maximum Gasteiger partial charge on any atom is 0.252 e. The summed E-state index contributed by atoms with van der Waals surface area (Å²) in [7, 11) is 0. The van der Waals surface area contributed by atoms with Gasteiger partial charge in [0.25, 0.3) is 5.91 Å². The van der Waals surface area contributed by atoms with E-state index in [0.29, 0.717) is 5.92 Å². The van der Waals surface area contributed by atoms with Gasteiger partial charge in [-0.05, 0) is 22.0 Å². The van der Waals surface area contributed by atoms with E-state index in [1.807, 2.05) is 6.07 Å². The molecule has 2 nitrogen and oxygen atoms in total. The highest BCUT2D eigenvalue weighted by atomic mass is 79.9. The molecule has 1 aromatic heterocycles. The summed E-state index contributed by atoms with van der Waals surface area (Å²) in [6.45, 7) is 2.89. The van der Waals surface area contributed by atoms with E-state index in [1.54, 1.807) is 11.3 Å². The molecule has 12 heavy (non-hydrogen) atoms. The molecule has 2 heterocycles. The SMILES string of the molecule is CC1CNC(=O)c2cc(Br)sc21. The van der Waals surface area contributed by atoms with E-state index in [4.69, 9.17) is 0 Å². The minimum absolute atomic E-state index is 0.0602. The Morgan fingerprint density at radius 1 is 1.75 bits per heavy atom. The summed E-state index contributed by atoms with van der Waals surface area (Å²) in [5.74, 6) is 0.513. The van der Waals surface area contributed by atoms with Crippen molar-refractivity contribution in [3.63, 3.8) is 0 Å². The molecule has 0 saturated carbocycles. The van der Waals surface area contributed by atoms with E-state index in [-0.39, 0.29) is 5.91 Å². The summed E-state index contributed by atoms with van der Waals surface area (Å²) in [6.07, 6.45) is 0. The number of hydrogen-bond acceptors (Lipinski definition) is 2. The summed E-state index contributed by atoms with van der Waals surface area (Å²) in [5.41, 5.74) is 0.839. The molecule has 0 aromatic carbocycles. The minimum Gasteiger partial charge on any atom is -0.351 e. The molecule has 1 aromatic rings. The molecule has 0 aliphatic carbocycles. The fourth-order valence-corrected chi connectivity index (χ4v) is 3.04. The predicted octanol–water partition coefficient (Wildman–Crippen LogP) is 2.36. The van der Waals surface area contributed by atoms with Crippen LogP contribution in [0.2, 0.25) is 0 Å². The first-order chi connectivity index (χ1) is 5.68. The van der Waals surface area contributed by atoms with Gasteiger partial charge in [0, 0.05) is 17.3 Å². The number of nitrogens with one attached hydrogen (secondary N) is 1. The van der Waals surface area contributed by atoms with Gasteiger partial charge >= 0.3 is 0 Å². The molecular formula is C8H8BrNOS. The third-order valence-corrected chi connectivity index (χ3v) is 3.86. The second kappa shape index (κ2) is 2.85. The van der Waals surface area contributed by atoms with Crippen molar-refractivity contribution in [2.24, 2.45) is 0 Å². The zero-order chi connectivity index (χ0) is 8.72. The maximum atomic E-state index is 11.3.